The van der Waals surface area contributed by atoms with Crippen LogP contribution in [0.15, 0.2) is 115 Å². The van der Waals surface area contributed by atoms with E-state index < -0.39 is 187 Å². The van der Waals surface area contributed by atoms with Crippen LogP contribution in [0.3, 0.4) is 0 Å². The average Bonchev–Trinajstić information content (AvgIpc) is 1.78. The second-order valence-electron chi connectivity index (χ2n) is 22.8. The lowest BCUT2D eigenvalue weighted by Crippen LogP contribution is -2.56. The smallest absolute Gasteiger partial charge is 0.408 e. The number of aliphatic hydroxyl groups excluding tert-OH is 2. The predicted molar refractivity (Wildman–Crippen MR) is 321 cm³/mol. The standard InChI is InChI=1S/C63H53Cl2N7O21/c1-63(2,3)93-62(89)72-45-23-7-10-35(75)40(17-23)90-30-14-26(13-28(73)20-30)46-56(82)66-47-27-18-41(91-38-11-8-24(15-33(38)64)52(78)50(59(85)67-46)70-55(45)81)54(80)42(19-27)92-39-12-9-25(16-34(39)65)53(79)51-60(86)69-49(61(87)88)32-21-29(74)22-37(77)44(32)43-31(5-4-6-36(43)76)48(58(84)71-51)68-57(47)83/h4-22,45-53,73-80H,1-3H3,(H,66,82)(H,67,85)(H,68,83)(H,69,86)(H,70,81)(H,71,84)(H,72,89)(H,87,88). The van der Waals surface area contributed by atoms with E-state index in [-0.39, 0.29) is 49.5 Å². The molecule has 0 fully saturated rings. The number of carbonyl (C=O) groups excluding carboxylic acids is 7. The first-order chi connectivity index (χ1) is 44.0. The lowest BCUT2D eigenvalue weighted by molar-refractivity contribution is -0.143. The van der Waals surface area contributed by atoms with Crippen molar-refractivity contribution in [2.75, 3.05) is 0 Å². The Kier molecular flexibility index (Phi) is 16.7. The van der Waals surface area contributed by atoms with Crippen molar-refractivity contribution >= 4 is 70.7 Å². The highest BCUT2D eigenvalue weighted by molar-refractivity contribution is 6.32. The lowest BCUT2D eigenvalue weighted by atomic mass is 9.87. The lowest BCUT2D eigenvalue weighted by Gasteiger charge is -2.31. The molecular formula is C63H53Cl2N7O21. The Morgan fingerprint density at radius 2 is 1.00 bits per heavy atom. The van der Waals surface area contributed by atoms with Gasteiger partial charge in [-0.2, -0.15) is 0 Å². The molecule has 16 N–H and O–H groups in total. The minimum Gasteiger partial charge on any atom is -0.508 e. The van der Waals surface area contributed by atoms with Crippen molar-refractivity contribution < 1.29 is 103 Å². The van der Waals surface area contributed by atoms with E-state index in [4.69, 9.17) is 42.1 Å². The molecule has 7 aromatic rings. The van der Waals surface area contributed by atoms with Crippen LogP contribution < -0.4 is 51.4 Å². The number of alkyl carbamates (subject to hydrolysis) is 1. The molecule has 0 aromatic heterocycles. The molecule has 7 aromatic carbocycles. The number of phenols is 6. The number of carbonyl (C=O) groups is 8. The molecule has 28 nitrogen and oxygen atoms in total. The topological polar surface area (TPSA) is 440 Å². The molecule has 6 heterocycles. The van der Waals surface area contributed by atoms with Gasteiger partial charge in [-0.15, -0.1) is 0 Å². The van der Waals surface area contributed by atoms with E-state index >= 15 is 19.2 Å². The van der Waals surface area contributed by atoms with E-state index in [0.717, 1.165) is 84.9 Å². The summed E-state index contributed by atoms with van der Waals surface area (Å²) < 4.78 is 23.9. The number of rotatable bonds is 2. The zero-order valence-corrected chi connectivity index (χ0v) is 49.9. The number of nitrogens with one attached hydrogen (secondary N) is 7. The molecule has 0 aliphatic carbocycles. The number of amides is 7. The second-order valence-corrected chi connectivity index (χ2v) is 23.6. The molecular weight excluding hydrogens is 1260 g/mol. The maximum absolute atomic E-state index is 15.9. The Morgan fingerprint density at radius 1 is 0.484 bits per heavy atom. The fraction of sp³-hybridized carbons (Fsp3) is 0.206. The normalized spacial score (nSPS) is 22.0. The van der Waals surface area contributed by atoms with Crippen LogP contribution in [-0.4, -0.2) is 111 Å². The van der Waals surface area contributed by atoms with Crippen molar-refractivity contribution in [1.82, 2.24) is 37.2 Å². The first-order valence-corrected chi connectivity index (χ1v) is 28.7. The molecule has 9 atom stereocenters. The van der Waals surface area contributed by atoms with Crippen molar-refractivity contribution in [2.24, 2.45) is 0 Å². The quantitative estimate of drug-likeness (QED) is 0.0937. The van der Waals surface area contributed by atoms with Crippen LogP contribution in [-0.2, 0) is 38.3 Å². The number of ether oxygens (including phenoxy) is 4. The molecule has 480 valence electrons. The summed E-state index contributed by atoms with van der Waals surface area (Å²) in [6.45, 7) is 4.61. The highest BCUT2D eigenvalue weighted by Crippen LogP contribution is 2.49. The van der Waals surface area contributed by atoms with Gasteiger partial charge in [-0.3, -0.25) is 28.8 Å². The Balaban J connectivity index is 1.15. The number of halogens is 2. The van der Waals surface area contributed by atoms with E-state index in [2.05, 4.69) is 37.2 Å². The average molecular weight is 1320 g/mol. The minimum absolute atomic E-state index is 0.0984. The molecule has 6 aliphatic rings. The van der Waals surface area contributed by atoms with E-state index in [9.17, 15) is 65.1 Å². The Labute approximate surface area is 534 Å². The number of carboxylic acids is 1. The summed E-state index contributed by atoms with van der Waals surface area (Å²) in [5.41, 5.74) is -4.76. The van der Waals surface area contributed by atoms with Gasteiger partial charge < -0.3 is 102 Å². The fourth-order valence-electron chi connectivity index (χ4n) is 10.9. The summed E-state index contributed by atoms with van der Waals surface area (Å²) in [6.07, 6.45) is -5.48. The van der Waals surface area contributed by atoms with Crippen molar-refractivity contribution in [3.8, 4) is 80.1 Å². The number of hydrogen-bond acceptors (Lipinski definition) is 20. The van der Waals surface area contributed by atoms with Gasteiger partial charge in [0.1, 0.15) is 94.3 Å². The van der Waals surface area contributed by atoms with Gasteiger partial charge >= 0.3 is 12.1 Å². The maximum atomic E-state index is 15.9. The van der Waals surface area contributed by atoms with Gasteiger partial charge in [-0.05, 0) is 127 Å². The number of benzene rings is 7. The van der Waals surface area contributed by atoms with Gasteiger partial charge in [0.25, 0.3) is 0 Å². The summed E-state index contributed by atoms with van der Waals surface area (Å²) in [7, 11) is 0. The SMILES string of the molecule is CC(C)(C)OC(=O)NC1C(=O)NC2C(=O)NC(C(=O)NC3C(=O)NC4C(=O)NC(C(=O)NC(C(=O)O)c5cc(O)cc(O)c5-c5c(O)cccc54)C(O)c4ccc(c(Cl)c4)Oc4cc3cc(c4O)Oc3ccc(cc3Cl)C2O)c2cc(O)cc(c2)Oc2cc1ccc2O. The van der Waals surface area contributed by atoms with Crippen LogP contribution in [0, 0.1) is 0 Å². The first kappa shape index (κ1) is 63.4. The molecule has 7 amide bonds. The largest absolute Gasteiger partial charge is 0.508 e. The molecule has 93 heavy (non-hydrogen) atoms. The van der Waals surface area contributed by atoms with Crippen molar-refractivity contribution in [2.45, 2.75) is 80.9 Å². The van der Waals surface area contributed by atoms with E-state index in [1.165, 1.54) is 51.1 Å². The number of phenolic OH excluding ortho intramolecular Hbond substituents is 6. The molecule has 6 aliphatic heterocycles. The fourth-order valence-corrected chi connectivity index (χ4v) is 11.4. The van der Waals surface area contributed by atoms with Gasteiger partial charge in [-0.25, -0.2) is 9.59 Å². The monoisotopic (exact) mass is 1310 g/mol. The number of hydrogen-bond donors (Lipinski definition) is 16. The number of carboxylic acid groups (broad SMARTS) is 1. The molecule has 0 saturated heterocycles. The van der Waals surface area contributed by atoms with Gasteiger partial charge in [0.15, 0.2) is 29.0 Å². The molecule has 0 saturated carbocycles. The van der Waals surface area contributed by atoms with Crippen LogP contribution in [0.2, 0.25) is 10.0 Å². The third kappa shape index (κ3) is 12.7. The van der Waals surface area contributed by atoms with E-state index in [0.29, 0.717) is 0 Å². The van der Waals surface area contributed by atoms with E-state index in [1.807, 2.05) is 0 Å². The van der Waals surface area contributed by atoms with Crippen LogP contribution in [0.25, 0.3) is 11.1 Å². The Morgan fingerprint density at radius 3 is 1.59 bits per heavy atom. The second kappa shape index (κ2) is 24.5. The number of fused-ring (bicyclic) bond motifs is 13. The molecule has 9 unspecified atom stereocenters. The van der Waals surface area contributed by atoms with Crippen LogP contribution >= 0.6 is 23.2 Å². The maximum Gasteiger partial charge on any atom is 0.408 e. The number of aliphatic hydroxyl groups is 2. The van der Waals surface area contributed by atoms with Gasteiger partial charge in [-0.1, -0.05) is 53.5 Å². The summed E-state index contributed by atoms with van der Waals surface area (Å²) in [4.78, 5) is 119. The molecule has 15 bridgehead atoms. The van der Waals surface area contributed by atoms with Crippen LogP contribution in [0.5, 0.6) is 69.0 Å². The molecule has 0 radical (unpaired) electrons. The summed E-state index contributed by atoms with van der Waals surface area (Å²) in [6, 6.07) is 4.94. The highest BCUT2D eigenvalue weighted by atomic mass is 35.5. The number of aliphatic carboxylic acids is 1. The van der Waals surface area contributed by atoms with Gasteiger partial charge in [0.2, 0.25) is 41.2 Å². The molecule has 30 heteroatoms. The predicted octanol–water partition coefficient (Wildman–Crippen LogP) is 6.04. The third-order valence-corrected chi connectivity index (χ3v) is 15.8. The Bertz CT molecular complexity index is 4330. The van der Waals surface area contributed by atoms with Crippen molar-refractivity contribution in [3.63, 3.8) is 0 Å². The minimum atomic E-state index is -2.32. The van der Waals surface area contributed by atoms with E-state index in [1.54, 1.807) is 0 Å². The van der Waals surface area contributed by atoms with Crippen LogP contribution in [0.1, 0.15) is 102 Å². The Hall–Kier alpha value is -11.2. The summed E-state index contributed by atoms with van der Waals surface area (Å²) >= 11 is 13.7. The van der Waals surface area contributed by atoms with Crippen LogP contribution in [0.4, 0.5) is 4.79 Å². The zero-order chi connectivity index (χ0) is 66.8. The number of aromatic hydroxyl groups is 6. The third-order valence-electron chi connectivity index (χ3n) is 15.2. The molecule has 13 rings (SSSR count). The van der Waals surface area contributed by atoms with Gasteiger partial charge in [0.05, 0.1) is 10.0 Å². The van der Waals surface area contributed by atoms with Crippen molar-refractivity contribution in [3.05, 3.63) is 164 Å². The first-order valence-electron chi connectivity index (χ1n) is 28.0. The highest BCUT2D eigenvalue weighted by Gasteiger charge is 2.43. The molecule has 0 spiro atoms. The summed E-state index contributed by atoms with van der Waals surface area (Å²) in [5, 5.41) is 120. The van der Waals surface area contributed by atoms with Crippen molar-refractivity contribution in [1.29, 1.82) is 0 Å². The van der Waals surface area contributed by atoms with Gasteiger partial charge in [0, 0.05) is 28.8 Å². The zero-order valence-electron chi connectivity index (χ0n) is 48.3. The summed E-state index contributed by atoms with van der Waals surface area (Å²) in [5.74, 6) is -17.3.